The molecule has 0 aromatic heterocycles. The quantitative estimate of drug-likeness (QED) is 0.562. The van der Waals surface area contributed by atoms with Crippen LogP contribution in [0.3, 0.4) is 0 Å². The van der Waals surface area contributed by atoms with Gasteiger partial charge in [-0.25, -0.2) is 0 Å². The lowest BCUT2D eigenvalue weighted by Crippen LogP contribution is -2.37. The first kappa shape index (κ1) is 10.5. The van der Waals surface area contributed by atoms with Crippen LogP contribution in [0.5, 0.6) is 0 Å². The number of hydrogen-bond acceptors (Lipinski definition) is 1. The van der Waals surface area contributed by atoms with Crippen molar-refractivity contribution in [2.24, 2.45) is 5.92 Å². The Morgan fingerprint density at radius 3 is 2.21 bits per heavy atom. The molecule has 82 valence electrons. The van der Waals surface area contributed by atoms with Crippen LogP contribution in [0.25, 0.3) is 0 Å². The first-order chi connectivity index (χ1) is 6.95. The Kier molecular flexibility index (Phi) is 4.30. The third-order valence-electron chi connectivity index (χ3n) is 4.01. The molecule has 0 N–H and O–H groups in total. The van der Waals surface area contributed by atoms with Gasteiger partial charge in [-0.2, -0.15) is 0 Å². The number of unbranched alkanes of at least 4 members (excludes halogenated alkanes) is 3. The highest BCUT2D eigenvalue weighted by atomic mass is 15.2. The molecule has 1 nitrogen and oxygen atoms in total. The maximum atomic E-state index is 2.59. The van der Waals surface area contributed by atoms with Crippen molar-refractivity contribution in [1.82, 2.24) is 4.90 Å². The molecule has 1 heterocycles. The summed E-state index contributed by atoms with van der Waals surface area (Å²) in [5.41, 5.74) is 0. The summed E-state index contributed by atoms with van der Waals surface area (Å²) < 4.78 is 0. The standard InChI is InChI=1S/C13H25N/c1(3-7-13-8-5-9-13)2-4-10-14-11-6-12-14/h13H,1-12H2. The van der Waals surface area contributed by atoms with Crippen LogP contribution in [-0.4, -0.2) is 24.5 Å². The molecule has 0 radical (unpaired) electrons. The first-order valence-corrected chi connectivity index (χ1v) is 6.67. The second-order valence-electron chi connectivity index (χ2n) is 5.20. The van der Waals surface area contributed by atoms with Gasteiger partial charge in [0.05, 0.1) is 0 Å². The summed E-state index contributed by atoms with van der Waals surface area (Å²) >= 11 is 0. The summed E-state index contributed by atoms with van der Waals surface area (Å²) in [6.45, 7) is 4.13. The molecule has 2 fully saturated rings. The minimum absolute atomic E-state index is 1.13. The summed E-state index contributed by atoms with van der Waals surface area (Å²) in [7, 11) is 0. The lowest BCUT2D eigenvalue weighted by Gasteiger charge is -2.30. The topological polar surface area (TPSA) is 3.24 Å². The monoisotopic (exact) mass is 195 g/mol. The van der Waals surface area contributed by atoms with E-state index in [1.165, 1.54) is 77.4 Å². The van der Waals surface area contributed by atoms with Crippen LogP contribution in [0.15, 0.2) is 0 Å². The van der Waals surface area contributed by atoms with Gasteiger partial charge < -0.3 is 4.90 Å². The fourth-order valence-corrected chi connectivity index (χ4v) is 2.51. The highest BCUT2D eigenvalue weighted by molar-refractivity contribution is 4.70. The van der Waals surface area contributed by atoms with Crippen LogP contribution in [0.1, 0.15) is 57.8 Å². The van der Waals surface area contributed by atoms with E-state index in [1.807, 2.05) is 0 Å². The maximum Gasteiger partial charge on any atom is -0.000654 e. The van der Waals surface area contributed by atoms with Gasteiger partial charge in [0, 0.05) is 0 Å². The Morgan fingerprint density at radius 2 is 1.64 bits per heavy atom. The summed E-state index contributed by atoms with van der Waals surface area (Å²) in [6.07, 6.45) is 13.5. The van der Waals surface area contributed by atoms with Crippen molar-refractivity contribution in [3.05, 3.63) is 0 Å². The van der Waals surface area contributed by atoms with Crippen molar-refractivity contribution in [2.45, 2.75) is 57.8 Å². The van der Waals surface area contributed by atoms with Crippen LogP contribution in [0, 0.1) is 5.92 Å². The molecule has 14 heavy (non-hydrogen) atoms. The number of hydrogen-bond donors (Lipinski definition) is 0. The van der Waals surface area contributed by atoms with Crippen LogP contribution < -0.4 is 0 Å². The van der Waals surface area contributed by atoms with Gasteiger partial charge in [0.25, 0.3) is 0 Å². The Labute approximate surface area is 88.9 Å². The van der Waals surface area contributed by atoms with Crippen molar-refractivity contribution in [2.75, 3.05) is 19.6 Å². The second-order valence-corrected chi connectivity index (χ2v) is 5.20. The third kappa shape index (κ3) is 3.27. The van der Waals surface area contributed by atoms with E-state index in [-0.39, 0.29) is 0 Å². The molecule has 1 aliphatic heterocycles. The number of likely N-dealkylation sites (tertiary alicyclic amines) is 1. The summed E-state index contributed by atoms with van der Waals surface area (Å²) in [5, 5.41) is 0. The molecule has 2 aliphatic rings. The van der Waals surface area contributed by atoms with Crippen molar-refractivity contribution >= 4 is 0 Å². The SMILES string of the molecule is C(CCCN1CCC1)CCC1CCC1. The normalized spacial score (nSPS) is 23.1. The molecule has 0 amide bonds. The molecule has 0 atom stereocenters. The summed E-state index contributed by atoms with van der Waals surface area (Å²) in [4.78, 5) is 2.59. The Balaban J connectivity index is 1.32. The highest BCUT2D eigenvalue weighted by Crippen LogP contribution is 2.31. The molecular weight excluding hydrogens is 170 g/mol. The minimum atomic E-state index is 1.13. The molecule has 0 aromatic carbocycles. The molecule has 1 saturated heterocycles. The minimum Gasteiger partial charge on any atom is -0.303 e. The van der Waals surface area contributed by atoms with Gasteiger partial charge >= 0.3 is 0 Å². The highest BCUT2D eigenvalue weighted by Gasteiger charge is 2.16. The van der Waals surface area contributed by atoms with Gasteiger partial charge in [0.15, 0.2) is 0 Å². The van der Waals surface area contributed by atoms with E-state index in [4.69, 9.17) is 0 Å². The first-order valence-electron chi connectivity index (χ1n) is 6.67. The molecular formula is C13H25N. The number of nitrogens with zero attached hydrogens (tertiary/aromatic N) is 1. The van der Waals surface area contributed by atoms with Crippen LogP contribution in [-0.2, 0) is 0 Å². The Hall–Kier alpha value is -0.0400. The largest absolute Gasteiger partial charge is 0.303 e. The molecule has 0 spiro atoms. The average molecular weight is 195 g/mol. The Morgan fingerprint density at radius 1 is 0.857 bits per heavy atom. The number of rotatable bonds is 7. The van der Waals surface area contributed by atoms with Gasteiger partial charge in [-0.1, -0.05) is 44.9 Å². The molecule has 1 heteroatoms. The van der Waals surface area contributed by atoms with Crippen LogP contribution in [0.4, 0.5) is 0 Å². The van der Waals surface area contributed by atoms with Crippen LogP contribution in [0.2, 0.25) is 0 Å². The fourth-order valence-electron chi connectivity index (χ4n) is 2.51. The lowest BCUT2D eigenvalue weighted by atomic mass is 9.82. The predicted octanol–water partition coefficient (Wildman–Crippen LogP) is 3.44. The summed E-state index contributed by atoms with van der Waals surface area (Å²) in [5.74, 6) is 1.13. The van der Waals surface area contributed by atoms with Gasteiger partial charge in [-0.15, -0.1) is 0 Å². The molecule has 1 aliphatic carbocycles. The predicted molar refractivity (Wildman–Crippen MR) is 61.5 cm³/mol. The molecule has 0 unspecified atom stereocenters. The van der Waals surface area contributed by atoms with E-state index in [0.29, 0.717) is 0 Å². The van der Waals surface area contributed by atoms with Crippen molar-refractivity contribution < 1.29 is 0 Å². The van der Waals surface area contributed by atoms with Crippen molar-refractivity contribution in [1.29, 1.82) is 0 Å². The average Bonchev–Trinajstić information content (AvgIpc) is 2.03. The fraction of sp³-hybridized carbons (Fsp3) is 1.00. The zero-order chi connectivity index (χ0) is 9.64. The van der Waals surface area contributed by atoms with Gasteiger partial charge in [0.1, 0.15) is 0 Å². The van der Waals surface area contributed by atoms with Gasteiger partial charge in [-0.05, 0) is 38.4 Å². The molecule has 0 aromatic rings. The van der Waals surface area contributed by atoms with Crippen molar-refractivity contribution in [3.8, 4) is 0 Å². The van der Waals surface area contributed by atoms with E-state index >= 15 is 0 Å². The van der Waals surface area contributed by atoms with Crippen molar-refractivity contribution in [3.63, 3.8) is 0 Å². The van der Waals surface area contributed by atoms with Gasteiger partial charge in [-0.3, -0.25) is 0 Å². The van der Waals surface area contributed by atoms with E-state index in [1.54, 1.807) is 0 Å². The Bertz CT molecular complexity index is 129. The summed E-state index contributed by atoms with van der Waals surface area (Å²) in [6, 6.07) is 0. The second kappa shape index (κ2) is 5.75. The van der Waals surface area contributed by atoms with E-state index in [0.717, 1.165) is 5.92 Å². The molecule has 1 saturated carbocycles. The molecule has 0 bridgehead atoms. The molecule has 2 rings (SSSR count). The zero-order valence-corrected chi connectivity index (χ0v) is 9.51. The van der Waals surface area contributed by atoms with Gasteiger partial charge in [0.2, 0.25) is 0 Å². The van der Waals surface area contributed by atoms with E-state index < -0.39 is 0 Å². The maximum absolute atomic E-state index is 2.59. The third-order valence-corrected chi connectivity index (χ3v) is 4.01. The van der Waals surface area contributed by atoms with E-state index in [2.05, 4.69) is 4.90 Å². The smallest absolute Gasteiger partial charge is 0.000654 e. The van der Waals surface area contributed by atoms with Crippen LogP contribution >= 0.6 is 0 Å². The lowest BCUT2D eigenvalue weighted by molar-refractivity contribution is 0.177. The van der Waals surface area contributed by atoms with E-state index in [9.17, 15) is 0 Å². The zero-order valence-electron chi connectivity index (χ0n) is 9.51.